The topological polar surface area (TPSA) is 63.8 Å². The van der Waals surface area contributed by atoms with E-state index in [0.29, 0.717) is 12.5 Å². The molecule has 1 aromatic carbocycles. The van der Waals surface area contributed by atoms with E-state index < -0.39 is 0 Å². The van der Waals surface area contributed by atoms with Gasteiger partial charge in [-0.05, 0) is 19.3 Å². The Morgan fingerprint density at radius 3 is 2.74 bits per heavy atom. The summed E-state index contributed by atoms with van der Waals surface area (Å²) in [5.41, 5.74) is 5.78. The molecule has 0 spiro atoms. The number of aromatic nitrogens is 2. The highest BCUT2D eigenvalue weighted by Crippen LogP contribution is 2.25. The Balaban J connectivity index is 2.34. The minimum absolute atomic E-state index is 0.160. The summed E-state index contributed by atoms with van der Waals surface area (Å²) in [4.78, 5) is 0. The van der Waals surface area contributed by atoms with Gasteiger partial charge in [0.2, 0.25) is 0 Å². The molecule has 0 saturated carbocycles. The molecule has 1 atom stereocenters. The van der Waals surface area contributed by atoms with Gasteiger partial charge in [0.25, 0.3) is 0 Å². The number of hydrogen-bond acceptors (Lipinski definition) is 4. The van der Waals surface area contributed by atoms with Gasteiger partial charge in [-0.1, -0.05) is 38.1 Å². The Morgan fingerprint density at radius 1 is 1.32 bits per heavy atom. The molecule has 0 saturated heterocycles. The van der Waals surface area contributed by atoms with Crippen molar-refractivity contribution in [1.82, 2.24) is 10.2 Å². The smallest absolute Gasteiger partial charge is 0.157 e. The third kappa shape index (κ3) is 3.20. The van der Waals surface area contributed by atoms with Crippen LogP contribution in [-0.4, -0.2) is 22.3 Å². The largest absolute Gasteiger partial charge is 0.362 e. The number of nitrogens with two attached hydrogens (primary N) is 1. The van der Waals surface area contributed by atoms with Crippen LogP contribution in [-0.2, 0) is 0 Å². The number of hydrogen-bond donors (Lipinski definition) is 2. The molecule has 0 radical (unpaired) electrons. The predicted molar refractivity (Wildman–Crippen MR) is 80.1 cm³/mol. The van der Waals surface area contributed by atoms with Crippen molar-refractivity contribution in [2.45, 2.75) is 32.7 Å². The van der Waals surface area contributed by atoms with Crippen LogP contribution >= 0.6 is 0 Å². The highest BCUT2D eigenvalue weighted by molar-refractivity contribution is 5.91. The molecular weight excluding hydrogens is 236 g/mol. The van der Waals surface area contributed by atoms with Gasteiger partial charge in [-0.15, -0.1) is 5.10 Å². The van der Waals surface area contributed by atoms with Crippen LogP contribution in [0, 0.1) is 5.92 Å². The quantitative estimate of drug-likeness (QED) is 0.865. The summed E-state index contributed by atoms with van der Waals surface area (Å²) in [6.45, 7) is 7.10. The zero-order valence-corrected chi connectivity index (χ0v) is 11.9. The number of benzene rings is 1. The van der Waals surface area contributed by atoms with Crippen LogP contribution in [0.5, 0.6) is 0 Å². The van der Waals surface area contributed by atoms with Crippen LogP contribution in [0.4, 0.5) is 5.82 Å². The van der Waals surface area contributed by atoms with Gasteiger partial charge in [0.15, 0.2) is 5.82 Å². The molecule has 1 unspecified atom stereocenters. The first kappa shape index (κ1) is 13.7. The third-order valence-corrected chi connectivity index (χ3v) is 3.30. The lowest BCUT2D eigenvalue weighted by Gasteiger charge is -2.32. The SMILES string of the molecule is CC(C)CC(C)(CN)Nc1nncc2ccccc12. The van der Waals surface area contributed by atoms with Crippen molar-refractivity contribution in [2.75, 3.05) is 11.9 Å². The van der Waals surface area contributed by atoms with Gasteiger partial charge in [-0.3, -0.25) is 0 Å². The highest BCUT2D eigenvalue weighted by atomic mass is 15.2. The van der Waals surface area contributed by atoms with E-state index in [1.807, 2.05) is 18.2 Å². The van der Waals surface area contributed by atoms with Crippen LogP contribution < -0.4 is 11.1 Å². The van der Waals surface area contributed by atoms with E-state index in [1.165, 1.54) is 0 Å². The minimum Gasteiger partial charge on any atom is -0.362 e. The van der Waals surface area contributed by atoms with Gasteiger partial charge >= 0.3 is 0 Å². The van der Waals surface area contributed by atoms with Crippen LogP contribution in [0.1, 0.15) is 27.2 Å². The molecule has 3 N–H and O–H groups in total. The number of anilines is 1. The normalized spacial score (nSPS) is 14.6. The summed E-state index contributed by atoms with van der Waals surface area (Å²) < 4.78 is 0. The summed E-state index contributed by atoms with van der Waals surface area (Å²) >= 11 is 0. The number of nitrogens with one attached hydrogen (secondary N) is 1. The Labute approximate surface area is 114 Å². The Kier molecular flexibility index (Phi) is 4.00. The van der Waals surface area contributed by atoms with Crippen molar-refractivity contribution < 1.29 is 0 Å². The van der Waals surface area contributed by atoms with Gasteiger partial charge in [-0.2, -0.15) is 5.10 Å². The molecule has 0 fully saturated rings. The summed E-state index contributed by atoms with van der Waals surface area (Å²) in [6, 6.07) is 8.11. The molecule has 0 aliphatic carbocycles. The van der Waals surface area contributed by atoms with Gasteiger partial charge in [0.05, 0.1) is 6.20 Å². The number of fused-ring (bicyclic) bond motifs is 1. The van der Waals surface area contributed by atoms with Crippen LogP contribution in [0.3, 0.4) is 0 Å². The fourth-order valence-electron chi connectivity index (χ4n) is 2.49. The second-order valence-electron chi connectivity index (χ2n) is 5.77. The molecule has 0 aliphatic rings. The third-order valence-electron chi connectivity index (χ3n) is 3.30. The first-order chi connectivity index (χ1) is 9.04. The lowest BCUT2D eigenvalue weighted by molar-refractivity contribution is 0.406. The van der Waals surface area contributed by atoms with Crippen molar-refractivity contribution in [1.29, 1.82) is 0 Å². The summed E-state index contributed by atoms with van der Waals surface area (Å²) in [5.74, 6) is 1.38. The number of nitrogens with zero attached hydrogens (tertiary/aromatic N) is 2. The molecule has 102 valence electrons. The lowest BCUT2D eigenvalue weighted by Crippen LogP contribution is -2.44. The zero-order valence-electron chi connectivity index (χ0n) is 11.9. The molecule has 4 nitrogen and oxygen atoms in total. The Bertz CT molecular complexity index is 547. The van der Waals surface area contributed by atoms with E-state index >= 15 is 0 Å². The molecule has 2 rings (SSSR count). The summed E-state index contributed by atoms with van der Waals surface area (Å²) in [5, 5.41) is 13.9. The van der Waals surface area contributed by atoms with Crippen LogP contribution in [0.2, 0.25) is 0 Å². The first-order valence-electron chi connectivity index (χ1n) is 6.73. The minimum atomic E-state index is -0.160. The fraction of sp³-hybridized carbons (Fsp3) is 0.467. The van der Waals surface area contributed by atoms with E-state index in [2.05, 4.69) is 42.4 Å². The van der Waals surface area contributed by atoms with Crippen molar-refractivity contribution in [3.05, 3.63) is 30.5 Å². The molecule has 2 aromatic rings. The van der Waals surface area contributed by atoms with Crippen molar-refractivity contribution in [3.8, 4) is 0 Å². The maximum Gasteiger partial charge on any atom is 0.157 e. The maximum absolute atomic E-state index is 5.94. The lowest BCUT2D eigenvalue weighted by atomic mass is 9.90. The molecule has 0 aliphatic heterocycles. The summed E-state index contributed by atoms with van der Waals surface area (Å²) in [7, 11) is 0. The maximum atomic E-state index is 5.94. The van der Waals surface area contributed by atoms with Gasteiger partial charge in [0.1, 0.15) is 0 Å². The second-order valence-corrected chi connectivity index (χ2v) is 5.77. The van der Waals surface area contributed by atoms with E-state index in [1.54, 1.807) is 6.20 Å². The van der Waals surface area contributed by atoms with Crippen molar-refractivity contribution in [3.63, 3.8) is 0 Å². The van der Waals surface area contributed by atoms with E-state index in [-0.39, 0.29) is 5.54 Å². The van der Waals surface area contributed by atoms with E-state index in [4.69, 9.17) is 5.73 Å². The van der Waals surface area contributed by atoms with Crippen LogP contribution in [0.15, 0.2) is 30.5 Å². The molecule has 19 heavy (non-hydrogen) atoms. The van der Waals surface area contributed by atoms with Crippen molar-refractivity contribution in [2.24, 2.45) is 11.7 Å². The standard InChI is InChI=1S/C15H22N4/c1-11(2)8-15(3,10-16)18-14-13-7-5-4-6-12(13)9-17-19-14/h4-7,9,11H,8,10,16H2,1-3H3,(H,18,19). The average molecular weight is 258 g/mol. The fourth-order valence-corrected chi connectivity index (χ4v) is 2.49. The molecule has 0 bridgehead atoms. The zero-order chi connectivity index (χ0) is 13.9. The molecule has 0 amide bonds. The highest BCUT2D eigenvalue weighted by Gasteiger charge is 2.24. The first-order valence-corrected chi connectivity index (χ1v) is 6.73. The van der Waals surface area contributed by atoms with Crippen molar-refractivity contribution >= 4 is 16.6 Å². The van der Waals surface area contributed by atoms with Gasteiger partial charge < -0.3 is 11.1 Å². The van der Waals surface area contributed by atoms with E-state index in [9.17, 15) is 0 Å². The molecule has 1 aromatic heterocycles. The summed E-state index contributed by atoms with van der Waals surface area (Å²) in [6.07, 6.45) is 2.77. The molecular formula is C15H22N4. The predicted octanol–water partition coefficient (Wildman–Crippen LogP) is 2.81. The van der Waals surface area contributed by atoms with Gasteiger partial charge in [-0.25, -0.2) is 0 Å². The van der Waals surface area contributed by atoms with Gasteiger partial charge in [0, 0.05) is 22.9 Å². The molecule has 4 heteroatoms. The molecule has 1 heterocycles. The van der Waals surface area contributed by atoms with E-state index in [0.717, 1.165) is 23.0 Å². The second kappa shape index (κ2) is 5.53. The Hall–Kier alpha value is -1.68. The average Bonchev–Trinajstić information content (AvgIpc) is 2.38. The van der Waals surface area contributed by atoms with Crippen LogP contribution in [0.25, 0.3) is 10.8 Å². The Morgan fingerprint density at radius 2 is 2.05 bits per heavy atom. The number of rotatable bonds is 5. The monoisotopic (exact) mass is 258 g/mol.